The second kappa shape index (κ2) is 8.72. The highest BCUT2D eigenvalue weighted by Crippen LogP contribution is 2.66. The number of nitrogens with two attached hydrogens (primary N) is 1. The number of hydrogen-bond acceptors (Lipinski definition) is 9. The summed E-state index contributed by atoms with van der Waals surface area (Å²) in [5.41, 5.74) is 6.88. The Bertz CT molecular complexity index is 1530. The van der Waals surface area contributed by atoms with Gasteiger partial charge in [-0.25, -0.2) is 28.1 Å². The minimum atomic E-state index is -1.18. The van der Waals surface area contributed by atoms with Crippen LogP contribution in [0.3, 0.4) is 0 Å². The van der Waals surface area contributed by atoms with Gasteiger partial charge in [0.2, 0.25) is 11.8 Å². The summed E-state index contributed by atoms with van der Waals surface area (Å²) in [4.78, 5) is 21.8. The van der Waals surface area contributed by atoms with Gasteiger partial charge in [-0.15, -0.1) is 0 Å². The number of rotatable bonds is 7. The number of oxazole rings is 1. The second-order valence-electron chi connectivity index (χ2n) is 9.32. The van der Waals surface area contributed by atoms with E-state index in [2.05, 4.69) is 24.9 Å². The summed E-state index contributed by atoms with van der Waals surface area (Å²) >= 11 is 1.17. The van der Waals surface area contributed by atoms with Gasteiger partial charge in [0, 0.05) is 24.1 Å². The van der Waals surface area contributed by atoms with Crippen LogP contribution in [0.15, 0.2) is 52.5 Å². The first-order valence-corrected chi connectivity index (χ1v) is 12.3. The predicted octanol–water partition coefficient (Wildman–Crippen LogP) is 4.47. The highest BCUT2D eigenvalue weighted by molar-refractivity contribution is 8.15. The van der Waals surface area contributed by atoms with Gasteiger partial charge >= 0.3 is 0 Å². The number of alkyl halides is 1. The zero-order valence-electron chi connectivity index (χ0n) is 19.6. The van der Waals surface area contributed by atoms with Crippen LogP contribution in [-0.4, -0.2) is 36.5 Å². The molecule has 0 spiro atoms. The minimum Gasteiger partial charge on any atom is -0.467 e. The van der Waals surface area contributed by atoms with Gasteiger partial charge in [0.25, 0.3) is 0 Å². The fourth-order valence-corrected chi connectivity index (χ4v) is 6.35. The van der Waals surface area contributed by atoms with Crippen molar-refractivity contribution >= 4 is 28.0 Å². The molecular weight excluding hydrogens is 505 g/mol. The maximum atomic E-state index is 15.1. The molecule has 3 aromatic heterocycles. The van der Waals surface area contributed by atoms with Crippen molar-refractivity contribution in [2.24, 2.45) is 16.6 Å². The molecule has 190 valence electrons. The summed E-state index contributed by atoms with van der Waals surface area (Å²) in [7, 11) is 0. The molecule has 12 heteroatoms. The van der Waals surface area contributed by atoms with Crippen LogP contribution >= 0.6 is 11.8 Å². The molecule has 2 aliphatic rings. The minimum absolute atomic E-state index is 0.0552. The standard InChI is InChI=1S/C25H21F3N6O2S/c1-24(18-9-25(18,12-26)37-23(29)34-24)14-6-13(7-15(27)21(14)28)8-17-22-16(2-3-30-17)33-19(10-32-22)36-11-20-31-4-5-35-20/h2-7,10,18H,8-9,11-12H2,1H3,(H2,29,34)/t18-,24+,25+/m0/s1. The quantitative estimate of drug-likeness (QED) is 0.376. The van der Waals surface area contributed by atoms with E-state index in [1.165, 1.54) is 30.4 Å². The van der Waals surface area contributed by atoms with E-state index in [0.717, 1.165) is 6.07 Å². The van der Waals surface area contributed by atoms with Crippen molar-refractivity contribution in [3.8, 4) is 5.88 Å². The largest absolute Gasteiger partial charge is 0.467 e. The van der Waals surface area contributed by atoms with Gasteiger partial charge in [0.1, 0.15) is 18.5 Å². The lowest BCUT2D eigenvalue weighted by Gasteiger charge is -2.33. The summed E-state index contributed by atoms with van der Waals surface area (Å²) in [6.07, 6.45) is 6.63. The molecule has 0 saturated heterocycles. The summed E-state index contributed by atoms with van der Waals surface area (Å²) in [5.74, 6) is -1.63. The van der Waals surface area contributed by atoms with E-state index in [1.54, 1.807) is 25.3 Å². The molecule has 1 aliphatic carbocycles. The first-order valence-electron chi connectivity index (χ1n) is 11.5. The molecule has 37 heavy (non-hydrogen) atoms. The summed E-state index contributed by atoms with van der Waals surface area (Å²) in [6, 6.07) is 4.38. The maximum absolute atomic E-state index is 15.1. The SMILES string of the molecule is C[C@]1(c2cc(Cc3nccc4nc(OCc5ncco5)cnc34)cc(F)c2F)N=C(N)S[C@@]2(CF)C[C@H]21. The van der Waals surface area contributed by atoms with Crippen LogP contribution in [0.5, 0.6) is 5.88 Å². The fourth-order valence-electron chi connectivity index (χ4n) is 5.02. The lowest BCUT2D eigenvalue weighted by Crippen LogP contribution is -2.37. The van der Waals surface area contributed by atoms with Crippen LogP contribution in [0.4, 0.5) is 13.2 Å². The Hall–Kier alpha value is -3.67. The van der Waals surface area contributed by atoms with E-state index in [1.807, 2.05) is 0 Å². The number of halogens is 3. The topological polar surface area (TPSA) is 112 Å². The molecule has 4 heterocycles. The van der Waals surface area contributed by atoms with Crippen LogP contribution < -0.4 is 10.5 Å². The van der Waals surface area contributed by atoms with Gasteiger partial charge in [-0.1, -0.05) is 11.8 Å². The number of amidine groups is 1. The Morgan fingerprint density at radius 1 is 1.22 bits per heavy atom. The van der Waals surface area contributed by atoms with E-state index in [-0.39, 0.29) is 35.6 Å². The fraction of sp³-hybridized carbons (Fsp3) is 0.320. The van der Waals surface area contributed by atoms with E-state index < -0.39 is 28.6 Å². The van der Waals surface area contributed by atoms with Gasteiger partial charge in [-0.3, -0.25) is 9.98 Å². The average molecular weight is 527 g/mol. The first-order chi connectivity index (χ1) is 17.8. The Balaban J connectivity index is 1.32. The molecule has 6 rings (SSSR count). The molecule has 0 amide bonds. The summed E-state index contributed by atoms with van der Waals surface area (Å²) < 4.78 is 53.8. The normalized spacial score (nSPS) is 24.5. The lowest BCUT2D eigenvalue weighted by molar-refractivity contribution is 0.253. The Labute approximate surface area is 213 Å². The van der Waals surface area contributed by atoms with Crippen molar-refractivity contribution in [3.63, 3.8) is 0 Å². The number of benzene rings is 1. The molecule has 1 aliphatic heterocycles. The number of nitrogens with zero attached hydrogens (tertiary/aromatic N) is 5. The van der Waals surface area contributed by atoms with Gasteiger partial charge < -0.3 is 14.9 Å². The third-order valence-corrected chi connectivity index (χ3v) is 8.19. The van der Waals surface area contributed by atoms with E-state index in [0.29, 0.717) is 34.6 Å². The maximum Gasteiger partial charge on any atom is 0.233 e. The van der Waals surface area contributed by atoms with Crippen molar-refractivity contribution in [2.75, 3.05) is 6.67 Å². The van der Waals surface area contributed by atoms with Gasteiger partial charge in [-0.05, 0) is 37.1 Å². The molecule has 0 unspecified atom stereocenters. The Morgan fingerprint density at radius 2 is 2.08 bits per heavy atom. The number of ether oxygens (including phenoxy) is 1. The number of aliphatic imine (C=N–C) groups is 1. The van der Waals surface area contributed by atoms with E-state index >= 15 is 4.39 Å². The molecule has 1 saturated carbocycles. The first kappa shape index (κ1) is 23.7. The van der Waals surface area contributed by atoms with Gasteiger partial charge in [-0.2, -0.15) is 0 Å². The van der Waals surface area contributed by atoms with E-state index in [9.17, 15) is 8.78 Å². The van der Waals surface area contributed by atoms with Crippen molar-refractivity contribution in [2.45, 2.75) is 36.7 Å². The Kier molecular flexibility index (Phi) is 5.59. The van der Waals surface area contributed by atoms with Crippen molar-refractivity contribution in [3.05, 3.63) is 77.4 Å². The predicted molar refractivity (Wildman–Crippen MR) is 131 cm³/mol. The molecule has 1 fully saturated rings. The molecular formula is C25H21F3N6O2S. The zero-order valence-corrected chi connectivity index (χ0v) is 20.4. The second-order valence-corrected chi connectivity index (χ2v) is 10.8. The molecule has 1 aromatic carbocycles. The van der Waals surface area contributed by atoms with Crippen LogP contribution in [0, 0.1) is 17.6 Å². The van der Waals surface area contributed by atoms with Crippen LogP contribution in [0.25, 0.3) is 11.0 Å². The average Bonchev–Trinajstić information content (AvgIpc) is 3.39. The highest BCUT2D eigenvalue weighted by Gasteiger charge is 2.66. The molecule has 3 atom stereocenters. The number of fused-ring (bicyclic) bond motifs is 2. The van der Waals surface area contributed by atoms with Crippen molar-refractivity contribution in [1.82, 2.24) is 19.9 Å². The number of aromatic nitrogens is 4. The third kappa shape index (κ3) is 4.08. The monoisotopic (exact) mass is 526 g/mol. The molecule has 2 N–H and O–H groups in total. The smallest absolute Gasteiger partial charge is 0.233 e. The molecule has 0 bridgehead atoms. The van der Waals surface area contributed by atoms with Crippen molar-refractivity contribution < 1.29 is 22.3 Å². The summed E-state index contributed by atoms with van der Waals surface area (Å²) in [5, 5.41) is 0.172. The molecule has 0 radical (unpaired) electrons. The molecule has 4 aromatic rings. The highest BCUT2D eigenvalue weighted by atomic mass is 32.2. The number of hydrogen-bond donors (Lipinski definition) is 1. The van der Waals surface area contributed by atoms with Crippen LogP contribution in [0.2, 0.25) is 0 Å². The lowest BCUT2D eigenvalue weighted by atomic mass is 9.84. The number of pyridine rings is 1. The van der Waals surface area contributed by atoms with Crippen LogP contribution in [0.1, 0.15) is 36.1 Å². The third-order valence-electron chi connectivity index (χ3n) is 6.92. The van der Waals surface area contributed by atoms with Crippen molar-refractivity contribution in [1.29, 1.82) is 0 Å². The number of thioether (sulfide) groups is 1. The summed E-state index contributed by atoms with van der Waals surface area (Å²) in [6.45, 7) is 1.17. The van der Waals surface area contributed by atoms with Gasteiger partial charge in [0.15, 0.2) is 23.4 Å². The van der Waals surface area contributed by atoms with E-state index in [4.69, 9.17) is 14.9 Å². The van der Waals surface area contributed by atoms with Gasteiger partial charge in [0.05, 0.1) is 33.9 Å². The Morgan fingerprint density at radius 3 is 2.86 bits per heavy atom. The van der Waals surface area contributed by atoms with Crippen LogP contribution in [-0.2, 0) is 18.6 Å². The molecule has 8 nitrogen and oxygen atoms in total. The zero-order chi connectivity index (χ0) is 25.8.